The number of hydrogen-bond donors (Lipinski definition) is 1. The number of aryl methyl sites for hydroxylation is 1. The second kappa shape index (κ2) is 6.05. The van der Waals surface area contributed by atoms with Crippen molar-refractivity contribution in [1.82, 2.24) is 15.5 Å². The van der Waals surface area contributed by atoms with E-state index in [4.69, 9.17) is 9.26 Å². The Morgan fingerprint density at radius 3 is 2.65 bits per heavy atom. The minimum absolute atomic E-state index is 0.0662. The molecule has 0 unspecified atom stereocenters. The maximum absolute atomic E-state index is 5.77. The van der Waals surface area contributed by atoms with Gasteiger partial charge in [-0.05, 0) is 33.8 Å². The van der Waals surface area contributed by atoms with Gasteiger partial charge in [0, 0.05) is 17.6 Å². The molecule has 2 rings (SSSR count). The van der Waals surface area contributed by atoms with Crippen molar-refractivity contribution in [3.05, 3.63) is 41.5 Å². The van der Waals surface area contributed by atoms with Gasteiger partial charge in [0.2, 0.25) is 0 Å². The van der Waals surface area contributed by atoms with E-state index in [2.05, 4.69) is 36.2 Å². The third kappa shape index (κ3) is 4.35. The average Bonchev–Trinajstić information content (AvgIpc) is 2.80. The highest BCUT2D eigenvalue weighted by molar-refractivity contribution is 5.33. The van der Waals surface area contributed by atoms with Gasteiger partial charge in [-0.15, -0.1) is 0 Å². The van der Waals surface area contributed by atoms with E-state index in [0.29, 0.717) is 11.7 Å². The number of nitrogens with zero attached hydrogens (tertiary/aromatic N) is 2. The fourth-order valence-electron chi connectivity index (χ4n) is 1.69. The summed E-state index contributed by atoms with van der Waals surface area (Å²) in [7, 11) is 0. The number of ether oxygens (including phenoxy) is 1. The molecule has 1 N–H and O–H groups in total. The lowest BCUT2D eigenvalue weighted by atomic mass is 10.1. The van der Waals surface area contributed by atoms with Crippen LogP contribution in [0.4, 0.5) is 0 Å². The molecule has 0 fully saturated rings. The quantitative estimate of drug-likeness (QED) is 0.909. The molecule has 5 heteroatoms. The van der Waals surface area contributed by atoms with E-state index < -0.39 is 0 Å². The van der Waals surface area contributed by atoms with Crippen LogP contribution in [0.5, 0.6) is 5.75 Å². The summed E-state index contributed by atoms with van der Waals surface area (Å²) in [4.78, 5) is 4.12. The van der Waals surface area contributed by atoms with E-state index in [1.54, 1.807) is 6.92 Å². The normalized spacial score (nSPS) is 11.6. The van der Waals surface area contributed by atoms with E-state index >= 15 is 0 Å². The Labute approximate surface area is 119 Å². The van der Waals surface area contributed by atoms with Crippen LogP contribution in [0.15, 0.2) is 28.8 Å². The van der Waals surface area contributed by atoms with Crippen molar-refractivity contribution in [1.29, 1.82) is 0 Å². The molecule has 1 aromatic carbocycles. The van der Waals surface area contributed by atoms with Crippen molar-refractivity contribution in [2.75, 3.05) is 0 Å². The number of nitrogens with one attached hydrogen (secondary N) is 1. The first kappa shape index (κ1) is 14.5. The van der Waals surface area contributed by atoms with Gasteiger partial charge in [0.1, 0.15) is 5.75 Å². The minimum Gasteiger partial charge on any atom is -0.483 e. The summed E-state index contributed by atoms with van der Waals surface area (Å²) in [5.74, 6) is 1.94. The Balaban J connectivity index is 2.00. The van der Waals surface area contributed by atoms with Crippen molar-refractivity contribution >= 4 is 0 Å². The van der Waals surface area contributed by atoms with Crippen molar-refractivity contribution in [2.24, 2.45) is 0 Å². The van der Waals surface area contributed by atoms with Crippen LogP contribution in [-0.4, -0.2) is 15.7 Å². The van der Waals surface area contributed by atoms with E-state index in [0.717, 1.165) is 17.9 Å². The predicted octanol–water partition coefficient (Wildman–Crippen LogP) is 2.85. The smallest absolute Gasteiger partial charge is 0.264 e. The van der Waals surface area contributed by atoms with Gasteiger partial charge in [0.05, 0.1) is 0 Å². The number of aromatic nitrogens is 2. The first-order valence-corrected chi connectivity index (χ1v) is 6.69. The molecule has 1 heterocycles. The Morgan fingerprint density at radius 2 is 2.00 bits per heavy atom. The van der Waals surface area contributed by atoms with Gasteiger partial charge < -0.3 is 14.6 Å². The molecule has 0 aliphatic rings. The zero-order valence-electron chi connectivity index (χ0n) is 12.4. The van der Waals surface area contributed by atoms with Crippen molar-refractivity contribution < 1.29 is 9.26 Å². The molecule has 0 radical (unpaired) electrons. The van der Waals surface area contributed by atoms with Crippen LogP contribution in [0.2, 0.25) is 0 Å². The summed E-state index contributed by atoms with van der Waals surface area (Å²) in [5, 5.41) is 7.19. The Morgan fingerprint density at radius 1 is 1.25 bits per heavy atom. The van der Waals surface area contributed by atoms with Crippen molar-refractivity contribution in [3.8, 4) is 5.75 Å². The maximum atomic E-state index is 5.77. The third-order valence-corrected chi connectivity index (χ3v) is 2.70. The highest BCUT2D eigenvalue weighted by atomic mass is 16.5. The lowest BCUT2D eigenvalue weighted by Gasteiger charge is -2.21. The van der Waals surface area contributed by atoms with Crippen LogP contribution in [0.25, 0.3) is 0 Å². The van der Waals surface area contributed by atoms with E-state index in [-0.39, 0.29) is 12.1 Å². The largest absolute Gasteiger partial charge is 0.483 e. The molecule has 0 bridgehead atoms. The molecule has 0 atom stereocenters. The maximum Gasteiger partial charge on any atom is 0.264 e. The summed E-state index contributed by atoms with van der Waals surface area (Å²) in [6.45, 7) is 9.23. The molecule has 0 saturated heterocycles. The van der Waals surface area contributed by atoms with Crippen LogP contribution >= 0.6 is 0 Å². The fourth-order valence-corrected chi connectivity index (χ4v) is 1.69. The Bertz CT molecular complexity index is 558. The van der Waals surface area contributed by atoms with Crippen LogP contribution in [0, 0.1) is 6.92 Å². The highest BCUT2D eigenvalue weighted by Gasteiger charge is 2.11. The van der Waals surface area contributed by atoms with Gasteiger partial charge >= 0.3 is 0 Å². The number of rotatable bonds is 5. The first-order valence-electron chi connectivity index (χ1n) is 6.69. The Hall–Kier alpha value is -1.88. The lowest BCUT2D eigenvalue weighted by Crippen LogP contribution is -2.35. The molecule has 0 aliphatic heterocycles. The summed E-state index contributed by atoms with van der Waals surface area (Å²) in [6, 6.07) is 7.95. The molecular weight excluding hydrogens is 254 g/mol. The first-order chi connectivity index (χ1) is 9.44. The molecule has 108 valence electrons. The minimum atomic E-state index is 0.0662. The van der Waals surface area contributed by atoms with Gasteiger partial charge in [0.15, 0.2) is 12.4 Å². The number of benzene rings is 1. The van der Waals surface area contributed by atoms with Gasteiger partial charge in [0.25, 0.3) is 5.89 Å². The lowest BCUT2D eigenvalue weighted by molar-refractivity contribution is 0.240. The standard InChI is InChI=1S/C15H21N3O2/c1-11-17-14(20-18-11)10-19-13-8-6-5-7-12(13)9-16-15(2,3)4/h5-8,16H,9-10H2,1-4H3. The third-order valence-electron chi connectivity index (χ3n) is 2.70. The van der Waals surface area contributed by atoms with Crippen LogP contribution in [-0.2, 0) is 13.2 Å². The number of para-hydroxylation sites is 1. The predicted molar refractivity (Wildman–Crippen MR) is 76.4 cm³/mol. The van der Waals surface area contributed by atoms with Gasteiger partial charge in [-0.3, -0.25) is 0 Å². The topological polar surface area (TPSA) is 60.2 Å². The van der Waals surface area contributed by atoms with Crippen molar-refractivity contribution in [2.45, 2.75) is 46.4 Å². The summed E-state index contributed by atoms with van der Waals surface area (Å²) < 4.78 is 10.8. The molecule has 0 aliphatic carbocycles. The molecule has 20 heavy (non-hydrogen) atoms. The fraction of sp³-hybridized carbons (Fsp3) is 0.467. The Kier molecular flexibility index (Phi) is 4.39. The molecule has 5 nitrogen and oxygen atoms in total. The van der Waals surface area contributed by atoms with Crippen LogP contribution < -0.4 is 10.1 Å². The summed E-state index contributed by atoms with van der Waals surface area (Å²) in [6.07, 6.45) is 0. The van der Waals surface area contributed by atoms with Crippen LogP contribution in [0.1, 0.15) is 38.0 Å². The second-order valence-electron chi connectivity index (χ2n) is 5.74. The monoisotopic (exact) mass is 275 g/mol. The van der Waals surface area contributed by atoms with Crippen LogP contribution in [0.3, 0.4) is 0 Å². The van der Waals surface area contributed by atoms with E-state index in [9.17, 15) is 0 Å². The molecule has 0 amide bonds. The van der Waals surface area contributed by atoms with Crippen molar-refractivity contribution in [3.63, 3.8) is 0 Å². The molecule has 1 aromatic heterocycles. The van der Waals surface area contributed by atoms with Gasteiger partial charge in [-0.25, -0.2) is 0 Å². The zero-order chi connectivity index (χ0) is 14.6. The average molecular weight is 275 g/mol. The van der Waals surface area contributed by atoms with Gasteiger partial charge in [-0.1, -0.05) is 23.4 Å². The summed E-state index contributed by atoms with van der Waals surface area (Å²) in [5.41, 5.74) is 1.18. The molecular formula is C15H21N3O2. The molecule has 0 spiro atoms. The second-order valence-corrected chi connectivity index (χ2v) is 5.74. The molecule has 2 aromatic rings. The van der Waals surface area contributed by atoms with E-state index in [1.165, 1.54) is 0 Å². The molecule has 0 saturated carbocycles. The highest BCUT2D eigenvalue weighted by Crippen LogP contribution is 2.19. The summed E-state index contributed by atoms with van der Waals surface area (Å²) >= 11 is 0. The number of hydrogen-bond acceptors (Lipinski definition) is 5. The SMILES string of the molecule is Cc1noc(COc2ccccc2CNC(C)(C)C)n1. The van der Waals surface area contributed by atoms with Gasteiger partial charge in [-0.2, -0.15) is 4.98 Å². The van der Waals surface area contributed by atoms with E-state index in [1.807, 2.05) is 24.3 Å². The zero-order valence-corrected chi connectivity index (χ0v) is 12.4.